The van der Waals surface area contributed by atoms with E-state index in [0.29, 0.717) is 16.4 Å². The van der Waals surface area contributed by atoms with Crippen molar-refractivity contribution in [3.63, 3.8) is 0 Å². The minimum atomic E-state index is -0.174. The molecule has 1 amide bonds. The summed E-state index contributed by atoms with van der Waals surface area (Å²) in [6.45, 7) is 4.30. The molecule has 2 heterocycles. The number of carbonyl (C=O) groups excluding carboxylic acids is 1. The highest BCUT2D eigenvalue weighted by molar-refractivity contribution is 7.23. The van der Waals surface area contributed by atoms with Crippen LogP contribution >= 0.6 is 11.3 Å². The number of fused-ring (bicyclic) bond motifs is 1. The molecule has 0 saturated carbocycles. The van der Waals surface area contributed by atoms with Crippen molar-refractivity contribution in [1.29, 1.82) is 0 Å². The Morgan fingerprint density at radius 3 is 2.55 bits per heavy atom. The Bertz CT molecular complexity index is 1250. The number of hydrogen-bond acceptors (Lipinski definition) is 6. The number of aromatic nitrogens is 1. The number of nitrogens with zero attached hydrogens (tertiary/aromatic N) is 2. The number of carbonyl (C=O) groups is 1. The van der Waals surface area contributed by atoms with E-state index in [1.165, 1.54) is 16.9 Å². The molecule has 1 N–H and O–H groups in total. The fourth-order valence-corrected chi connectivity index (χ4v) is 5.01. The fraction of sp³-hybridized carbons (Fsp3) is 0.231. The number of methoxy groups -OCH3 is 1. The third-order valence-electron chi connectivity index (χ3n) is 5.76. The second-order valence-electron chi connectivity index (χ2n) is 7.92. The molecule has 1 aliphatic heterocycles. The maximum absolute atomic E-state index is 12.9. The predicted molar refractivity (Wildman–Crippen MR) is 132 cm³/mol. The van der Waals surface area contributed by atoms with Gasteiger partial charge in [0.15, 0.2) is 5.13 Å². The van der Waals surface area contributed by atoms with E-state index in [1.807, 2.05) is 54.6 Å². The maximum Gasteiger partial charge on any atom is 0.257 e. The fourth-order valence-electron chi connectivity index (χ4n) is 3.99. The third-order valence-corrected chi connectivity index (χ3v) is 6.76. The van der Waals surface area contributed by atoms with E-state index in [4.69, 9.17) is 9.47 Å². The Labute approximate surface area is 196 Å². The molecule has 0 radical (unpaired) electrons. The van der Waals surface area contributed by atoms with E-state index in [9.17, 15) is 4.79 Å². The lowest BCUT2D eigenvalue weighted by Gasteiger charge is -2.26. The molecular weight excluding hydrogens is 434 g/mol. The number of morpholine rings is 1. The van der Waals surface area contributed by atoms with Crippen molar-refractivity contribution in [2.75, 3.05) is 38.7 Å². The van der Waals surface area contributed by atoms with E-state index in [-0.39, 0.29) is 5.91 Å². The van der Waals surface area contributed by atoms with Gasteiger partial charge in [-0.05, 0) is 35.4 Å². The van der Waals surface area contributed by atoms with Crippen LogP contribution in [-0.2, 0) is 11.3 Å². The molecule has 0 aliphatic carbocycles. The Hall–Kier alpha value is -3.26. The first-order chi connectivity index (χ1) is 16.2. The molecule has 4 aromatic rings. The Morgan fingerprint density at radius 2 is 1.82 bits per heavy atom. The average molecular weight is 460 g/mol. The quantitative estimate of drug-likeness (QED) is 0.437. The molecule has 5 rings (SSSR count). The number of rotatable bonds is 6. The van der Waals surface area contributed by atoms with Crippen LogP contribution < -0.4 is 10.1 Å². The van der Waals surface area contributed by atoms with Crippen molar-refractivity contribution in [3.05, 3.63) is 77.9 Å². The standard InChI is InChI=1S/C26H25N3O3S/c1-31-22-12-11-21(19-5-3-2-4-6-19)24-23(22)27-26(33-24)28-25(30)20-9-7-18(8-10-20)17-29-13-15-32-16-14-29/h2-12H,13-17H2,1H3,(H,27,28,30). The lowest BCUT2D eigenvalue weighted by Crippen LogP contribution is -2.35. The van der Waals surface area contributed by atoms with Crippen LogP contribution in [0.4, 0.5) is 5.13 Å². The van der Waals surface area contributed by atoms with Crippen LogP contribution in [0, 0.1) is 0 Å². The van der Waals surface area contributed by atoms with Gasteiger partial charge in [-0.2, -0.15) is 0 Å². The highest BCUT2D eigenvalue weighted by Crippen LogP contribution is 2.39. The van der Waals surface area contributed by atoms with Gasteiger partial charge in [-0.15, -0.1) is 0 Å². The zero-order valence-electron chi connectivity index (χ0n) is 18.4. The van der Waals surface area contributed by atoms with E-state index < -0.39 is 0 Å². The van der Waals surface area contributed by atoms with Gasteiger partial charge in [-0.3, -0.25) is 15.0 Å². The highest BCUT2D eigenvalue weighted by Gasteiger charge is 2.17. The van der Waals surface area contributed by atoms with Crippen LogP contribution in [0.15, 0.2) is 66.7 Å². The normalized spacial score (nSPS) is 14.3. The molecule has 0 unspecified atom stereocenters. The Morgan fingerprint density at radius 1 is 1.06 bits per heavy atom. The van der Waals surface area contributed by atoms with Crippen LogP contribution in [0.5, 0.6) is 5.75 Å². The van der Waals surface area contributed by atoms with Crippen LogP contribution in [0.25, 0.3) is 21.3 Å². The van der Waals surface area contributed by atoms with Gasteiger partial charge in [0.1, 0.15) is 11.3 Å². The van der Waals surface area contributed by atoms with Crippen molar-refractivity contribution >= 4 is 32.6 Å². The van der Waals surface area contributed by atoms with Gasteiger partial charge in [0.2, 0.25) is 0 Å². The smallest absolute Gasteiger partial charge is 0.257 e. The first-order valence-corrected chi connectivity index (χ1v) is 11.8. The summed E-state index contributed by atoms with van der Waals surface area (Å²) in [7, 11) is 1.63. The predicted octanol–water partition coefficient (Wildman–Crippen LogP) is 5.06. The topological polar surface area (TPSA) is 63.7 Å². The maximum atomic E-state index is 12.9. The molecule has 6 nitrogen and oxygen atoms in total. The summed E-state index contributed by atoms with van der Waals surface area (Å²) >= 11 is 1.46. The second-order valence-corrected chi connectivity index (χ2v) is 8.92. The summed E-state index contributed by atoms with van der Waals surface area (Å²) in [6, 6.07) is 21.9. The van der Waals surface area contributed by atoms with Gasteiger partial charge in [-0.1, -0.05) is 53.8 Å². The highest BCUT2D eigenvalue weighted by atomic mass is 32.1. The first-order valence-electron chi connectivity index (χ1n) is 10.9. The summed E-state index contributed by atoms with van der Waals surface area (Å²) in [5.41, 5.74) is 4.71. The molecule has 7 heteroatoms. The average Bonchev–Trinajstić information content (AvgIpc) is 3.28. The molecule has 0 spiro atoms. The second kappa shape index (κ2) is 9.70. The molecular formula is C26H25N3O3S. The Kier molecular flexibility index (Phi) is 6.35. The van der Waals surface area contributed by atoms with Crippen LogP contribution in [0.3, 0.4) is 0 Å². The van der Waals surface area contributed by atoms with Gasteiger partial charge >= 0.3 is 0 Å². The van der Waals surface area contributed by atoms with E-state index >= 15 is 0 Å². The number of nitrogens with one attached hydrogen (secondary N) is 1. The van der Waals surface area contributed by atoms with E-state index in [2.05, 4.69) is 27.3 Å². The van der Waals surface area contributed by atoms with Gasteiger partial charge in [-0.25, -0.2) is 4.98 Å². The SMILES string of the molecule is COc1ccc(-c2ccccc2)c2sc(NC(=O)c3ccc(CN4CCOCC4)cc3)nc12. The lowest BCUT2D eigenvalue weighted by molar-refractivity contribution is 0.0342. The summed E-state index contributed by atoms with van der Waals surface area (Å²) < 4.78 is 11.9. The number of anilines is 1. The molecule has 33 heavy (non-hydrogen) atoms. The largest absolute Gasteiger partial charge is 0.494 e. The number of hydrogen-bond donors (Lipinski definition) is 1. The van der Waals surface area contributed by atoms with Crippen LogP contribution in [-0.4, -0.2) is 49.2 Å². The number of amides is 1. The summed E-state index contributed by atoms with van der Waals surface area (Å²) in [6.07, 6.45) is 0. The zero-order valence-corrected chi connectivity index (χ0v) is 19.2. The van der Waals surface area contributed by atoms with Crippen molar-refractivity contribution in [2.45, 2.75) is 6.54 Å². The van der Waals surface area contributed by atoms with Crippen molar-refractivity contribution in [2.24, 2.45) is 0 Å². The Balaban J connectivity index is 1.36. The summed E-state index contributed by atoms with van der Waals surface area (Å²) in [5, 5.41) is 3.51. The molecule has 0 atom stereocenters. The molecule has 1 aliphatic rings. The molecule has 1 aromatic heterocycles. The third kappa shape index (κ3) is 4.75. The molecule has 1 saturated heterocycles. The summed E-state index contributed by atoms with van der Waals surface area (Å²) in [4.78, 5) is 19.9. The number of benzene rings is 3. The van der Waals surface area contributed by atoms with Gasteiger partial charge < -0.3 is 9.47 Å². The molecule has 168 valence electrons. The minimum absolute atomic E-state index is 0.174. The molecule has 3 aromatic carbocycles. The van der Waals surface area contributed by atoms with Crippen molar-refractivity contribution in [3.8, 4) is 16.9 Å². The van der Waals surface area contributed by atoms with E-state index in [1.54, 1.807) is 7.11 Å². The number of ether oxygens (including phenoxy) is 2. The van der Waals surface area contributed by atoms with Crippen molar-refractivity contribution in [1.82, 2.24) is 9.88 Å². The van der Waals surface area contributed by atoms with Crippen LogP contribution in [0.2, 0.25) is 0 Å². The monoisotopic (exact) mass is 459 g/mol. The van der Waals surface area contributed by atoms with Crippen LogP contribution in [0.1, 0.15) is 15.9 Å². The van der Waals surface area contributed by atoms with Crippen molar-refractivity contribution < 1.29 is 14.3 Å². The van der Waals surface area contributed by atoms with Gasteiger partial charge in [0.25, 0.3) is 5.91 Å². The first kappa shape index (κ1) is 21.6. The zero-order chi connectivity index (χ0) is 22.6. The lowest BCUT2D eigenvalue weighted by atomic mass is 10.1. The minimum Gasteiger partial charge on any atom is -0.494 e. The summed E-state index contributed by atoms with van der Waals surface area (Å²) in [5.74, 6) is 0.515. The van der Waals surface area contributed by atoms with E-state index in [0.717, 1.165) is 54.2 Å². The van der Waals surface area contributed by atoms with Gasteiger partial charge in [0, 0.05) is 30.8 Å². The van der Waals surface area contributed by atoms with Gasteiger partial charge in [0.05, 0.1) is 25.0 Å². The molecule has 1 fully saturated rings. The molecule has 0 bridgehead atoms. The number of thiazole rings is 1.